The number of halogens is 1. The summed E-state index contributed by atoms with van der Waals surface area (Å²) in [4.78, 5) is 15.9. The van der Waals surface area contributed by atoms with Gasteiger partial charge in [-0.2, -0.15) is 0 Å². The summed E-state index contributed by atoms with van der Waals surface area (Å²) in [6.45, 7) is 7.59. The van der Waals surface area contributed by atoms with Crippen LogP contribution < -0.4 is 5.32 Å². The van der Waals surface area contributed by atoms with Crippen molar-refractivity contribution in [2.75, 3.05) is 5.32 Å². The number of anilines is 1. The van der Waals surface area contributed by atoms with Gasteiger partial charge in [-0.3, -0.25) is 9.78 Å². The maximum Gasteiger partial charge on any atom is 0.229 e. The smallest absolute Gasteiger partial charge is 0.229 e. The second-order valence-electron chi connectivity index (χ2n) is 4.51. The molecule has 0 radical (unpaired) electrons. The predicted molar refractivity (Wildman–Crippen MR) is 69.8 cm³/mol. The molecule has 0 fully saturated rings. The normalized spacial score (nSPS) is 11.3. The second kappa shape index (κ2) is 4.47. The van der Waals surface area contributed by atoms with E-state index in [1.54, 1.807) is 6.20 Å². The minimum absolute atomic E-state index is 0.00562. The van der Waals surface area contributed by atoms with Gasteiger partial charge in [-0.15, -0.1) is 0 Å². The molecule has 0 unspecified atom stereocenters. The molecule has 1 amide bonds. The van der Waals surface area contributed by atoms with E-state index in [9.17, 15) is 4.79 Å². The van der Waals surface area contributed by atoms with E-state index in [2.05, 4.69) is 32.9 Å². The van der Waals surface area contributed by atoms with Gasteiger partial charge in [0.2, 0.25) is 5.91 Å². The summed E-state index contributed by atoms with van der Waals surface area (Å²) in [5.41, 5.74) is 1.35. The number of amides is 1. The van der Waals surface area contributed by atoms with Crippen molar-refractivity contribution in [3.8, 4) is 0 Å². The van der Waals surface area contributed by atoms with Crippen molar-refractivity contribution >= 4 is 34.2 Å². The summed E-state index contributed by atoms with van der Waals surface area (Å²) < 4.78 is 1.01. The number of carbonyl (C=O) groups excluding carboxylic acids is 1. The highest BCUT2D eigenvalue weighted by Gasteiger charge is 2.21. The summed E-state index contributed by atoms with van der Waals surface area (Å²) in [5.74, 6) is 0.00562. The highest BCUT2D eigenvalue weighted by molar-refractivity contribution is 14.1. The molecule has 0 aliphatic rings. The zero-order valence-electron chi connectivity index (χ0n) is 9.39. The Balaban J connectivity index is 2.87. The molecule has 4 heteroatoms. The van der Waals surface area contributed by atoms with E-state index in [0.29, 0.717) is 0 Å². The molecule has 0 atom stereocenters. The minimum Gasteiger partial charge on any atom is -0.323 e. The Labute approximate surface area is 104 Å². The zero-order chi connectivity index (χ0) is 11.6. The Hall–Kier alpha value is -0.650. The molecule has 1 aromatic rings. The van der Waals surface area contributed by atoms with Crippen molar-refractivity contribution in [1.82, 2.24) is 4.98 Å². The fourth-order valence-electron chi connectivity index (χ4n) is 0.928. The molecule has 0 aromatic carbocycles. The summed E-state index contributed by atoms with van der Waals surface area (Å²) in [6.07, 6.45) is 1.70. The van der Waals surface area contributed by atoms with E-state index in [4.69, 9.17) is 0 Å². The summed E-state index contributed by atoms with van der Waals surface area (Å²) in [7, 11) is 0. The largest absolute Gasteiger partial charge is 0.323 e. The summed E-state index contributed by atoms with van der Waals surface area (Å²) >= 11 is 2.19. The lowest BCUT2D eigenvalue weighted by Gasteiger charge is -2.18. The van der Waals surface area contributed by atoms with Crippen molar-refractivity contribution in [2.45, 2.75) is 27.7 Å². The summed E-state index contributed by atoms with van der Waals surface area (Å²) in [5, 5.41) is 2.87. The van der Waals surface area contributed by atoms with E-state index in [1.807, 2.05) is 33.8 Å². The molecule has 15 heavy (non-hydrogen) atoms. The van der Waals surface area contributed by atoms with Crippen LogP contribution in [0.25, 0.3) is 0 Å². The molecular formula is C11H15IN2O. The van der Waals surface area contributed by atoms with Crippen LogP contribution in [0.15, 0.2) is 12.3 Å². The van der Waals surface area contributed by atoms with Crippen molar-refractivity contribution in [1.29, 1.82) is 0 Å². The van der Waals surface area contributed by atoms with Crippen molar-refractivity contribution in [3.05, 3.63) is 21.5 Å². The highest BCUT2D eigenvalue weighted by Crippen LogP contribution is 2.21. The van der Waals surface area contributed by atoms with Crippen molar-refractivity contribution in [3.63, 3.8) is 0 Å². The first-order chi connectivity index (χ1) is 6.80. The Morgan fingerprint density at radius 2 is 2.07 bits per heavy atom. The first kappa shape index (κ1) is 12.4. The van der Waals surface area contributed by atoms with E-state index in [0.717, 1.165) is 15.0 Å². The topological polar surface area (TPSA) is 42.0 Å². The number of nitrogens with zero attached hydrogens (tertiary/aromatic N) is 1. The number of pyridine rings is 1. The third-order valence-electron chi connectivity index (χ3n) is 1.92. The first-order valence-corrected chi connectivity index (χ1v) is 5.82. The van der Waals surface area contributed by atoms with Gasteiger partial charge in [0.25, 0.3) is 0 Å². The molecule has 3 nitrogen and oxygen atoms in total. The van der Waals surface area contributed by atoms with Gasteiger partial charge >= 0.3 is 0 Å². The van der Waals surface area contributed by atoms with Gasteiger partial charge in [0.05, 0.1) is 11.9 Å². The SMILES string of the molecule is Cc1cc(I)c(NC(=O)C(C)(C)C)cn1. The lowest BCUT2D eigenvalue weighted by molar-refractivity contribution is -0.123. The Kier molecular flexibility index (Phi) is 3.70. The Morgan fingerprint density at radius 1 is 1.47 bits per heavy atom. The van der Waals surface area contributed by atoms with E-state index in [-0.39, 0.29) is 11.3 Å². The molecular weight excluding hydrogens is 303 g/mol. The van der Waals surface area contributed by atoms with Crippen molar-refractivity contribution in [2.24, 2.45) is 5.41 Å². The molecule has 1 aromatic heterocycles. The van der Waals surface area contributed by atoms with Crippen LogP contribution in [0.3, 0.4) is 0 Å². The number of rotatable bonds is 1. The fourth-order valence-corrected chi connectivity index (χ4v) is 1.65. The van der Waals surface area contributed by atoms with Gasteiger partial charge in [-0.05, 0) is 35.6 Å². The van der Waals surface area contributed by atoms with Gasteiger partial charge in [0, 0.05) is 14.7 Å². The van der Waals surface area contributed by atoms with E-state index >= 15 is 0 Å². The monoisotopic (exact) mass is 318 g/mol. The average Bonchev–Trinajstić information content (AvgIpc) is 2.08. The lowest BCUT2D eigenvalue weighted by atomic mass is 9.96. The number of hydrogen-bond acceptors (Lipinski definition) is 2. The van der Waals surface area contributed by atoms with Crippen LogP contribution in [0.4, 0.5) is 5.69 Å². The first-order valence-electron chi connectivity index (χ1n) is 4.74. The highest BCUT2D eigenvalue weighted by atomic mass is 127. The molecule has 1 N–H and O–H groups in total. The van der Waals surface area contributed by atoms with Gasteiger partial charge in [0.15, 0.2) is 0 Å². The number of carbonyl (C=O) groups is 1. The third kappa shape index (κ3) is 3.44. The minimum atomic E-state index is -0.381. The molecule has 0 saturated carbocycles. The summed E-state index contributed by atoms with van der Waals surface area (Å²) in [6, 6.07) is 1.94. The number of aromatic nitrogens is 1. The third-order valence-corrected chi connectivity index (χ3v) is 2.81. The lowest BCUT2D eigenvalue weighted by Crippen LogP contribution is -2.28. The Morgan fingerprint density at radius 3 is 2.53 bits per heavy atom. The zero-order valence-corrected chi connectivity index (χ0v) is 11.5. The molecule has 0 aliphatic heterocycles. The van der Waals surface area contributed by atoms with Crippen LogP contribution in [0.2, 0.25) is 0 Å². The quantitative estimate of drug-likeness (QED) is 0.809. The van der Waals surface area contributed by atoms with E-state index < -0.39 is 0 Å². The van der Waals surface area contributed by atoms with Gasteiger partial charge < -0.3 is 5.32 Å². The average molecular weight is 318 g/mol. The molecule has 1 heterocycles. The van der Waals surface area contributed by atoms with Crippen LogP contribution in [0, 0.1) is 15.9 Å². The van der Waals surface area contributed by atoms with Gasteiger partial charge in [0.1, 0.15) is 0 Å². The van der Waals surface area contributed by atoms with E-state index in [1.165, 1.54) is 0 Å². The molecule has 0 spiro atoms. The van der Waals surface area contributed by atoms with Crippen LogP contribution in [-0.2, 0) is 4.79 Å². The fraction of sp³-hybridized carbons (Fsp3) is 0.455. The molecule has 0 bridgehead atoms. The van der Waals surface area contributed by atoms with Gasteiger partial charge in [-0.25, -0.2) is 0 Å². The number of aryl methyl sites for hydroxylation is 1. The molecule has 1 rings (SSSR count). The predicted octanol–water partition coefficient (Wildman–Crippen LogP) is 2.98. The van der Waals surface area contributed by atoms with Crippen LogP contribution in [-0.4, -0.2) is 10.9 Å². The molecule has 0 saturated heterocycles. The molecule has 82 valence electrons. The Bertz CT molecular complexity index is 383. The number of nitrogens with one attached hydrogen (secondary N) is 1. The van der Waals surface area contributed by atoms with Crippen LogP contribution in [0.5, 0.6) is 0 Å². The van der Waals surface area contributed by atoms with Gasteiger partial charge in [-0.1, -0.05) is 20.8 Å². The molecule has 0 aliphatic carbocycles. The van der Waals surface area contributed by atoms with Crippen molar-refractivity contribution < 1.29 is 4.79 Å². The number of hydrogen-bond donors (Lipinski definition) is 1. The van der Waals surface area contributed by atoms with Crippen LogP contribution >= 0.6 is 22.6 Å². The van der Waals surface area contributed by atoms with Crippen LogP contribution in [0.1, 0.15) is 26.5 Å². The maximum absolute atomic E-state index is 11.7. The maximum atomic E-state index is 11.7. The second-order valence-corrected chi connectivity index (χ2v) is 5.67. The standard InChI is InChI=1S/C11H15IN2O/c1-7-5-8(12)9(6-13-7)14-10(15)11(2,3)4/h5-6H,1-4H3,(H,14,15).